The van der Waals surface area contributed by atoms with E-state index in [9.17, 15) is 14.7 Å². The molecular formula is C16H21N3O3. The van der Waals surface area contributed by atoms with Crippen LogP contribution in [0.4, 0.5) is 0 Å². The second kappa shape index (κ2) is 4.83. The van der Waals surface area contributed by atoms with Crippen molar-refractivity contribution in [3.63, 3.8) is 0 Å². The molecule has 3 heterocycles. The molecule has 2 aliphatic heterocycles. The third-order valence-electron chi connectivity index (χ3n) is 5.49. The largest absolute Gasteiger partial charge is 0.481 e. The highest BCUT2D eigenvalue weighted by Gasteiger charge is 2.46. The standard InChI is InChI=1S/C16H21N3O3/c1-18-14(10-3-4-10)7-12(17-18)15(20)19-8-9-2-5-13(19)11(6-9)16(21)22/h7,9-11,13H,2-6,8H2,1H3,(H,21,22). The molecular weight excluding hydrogens is 282 g/mol. The highest BCUT2D eigenvalue weighted by Crippen LogP contribution is 2.41. The lowest BCUT2D eigenvalue weighted by molar-refractivity contribution is -0.148. The van der Waals surface area contributed by atoms with Gasteiger partial charge in [0, 0.05) is 31.2 Å². The maximum absolute atomic E-state index is 12.8. The highest BCUT2D eigenvalue weighted by atomic mass is 16.4. The van der Waals surface area contributed by atoms with Crippen molar-refractivity contribution in [3.8, 4) is 0 Å². The summed E-state index contributed by atoms with van der Waals surface area (Å²) >= 11 is 0. The summed E-state index contributed by atoms with van der Waals surface area (Å²) in [6, 6.07) is 1.74. The number of carboxylic acid groups (broad SMARTS) is 1. The summed E-state index contributed by atoms with van der Waals surface area (Å²) in [7, 11) is 1.88. The SMILES string of the molecule is Cn1nc(C(=O)N2CC3CCC2C(C(=O)O)C3)cc1C1CC1. The molecule has 1 N–H and O–H groups in total. The number of carbonyl (C=O) groups is 2. The zero-order chi connectivity index (χ0) is 15.4. The Labute approximate surface area is 129 Å². The average Bonchev–Trinajstić information content (AvgIpc) is 3.29. The Balaban J connectivity index is 1.59. The van der Waals surface area contributed by atoms with Crippen LogP contribution in [0, 0.1) is 11.8 Å². The lowest BCUT2D eigenvalue weighted by Gasteiger charge is -2.48. The molecule has 1 aromatic rings. The molecule has 2 saturated heterocycles. The number of rotatable bonds is 3. The van der Waals surface area contributed by atoms with Crippen LogP contribution in [0.2, 0.25) is 0 Å². The van der Waals surface area contributed by atoms with E-state index in [1.165, 1.54) is 12.8 Å². The van der Waals surface area contributed by atoms with Gasteiger partial charge in [-0.25, -0.2) is 0 Å². The van der Waals surface area contributed by atoms with Crippen LogP contribution in [0.15, 0.2) is 6.07 Å². The number of amides is 1. The number of carbonyl (C=O) groups excluding carboxylic acids is 1. The average molecular weight is 303 g/mol. The van der Waals surface area contributed by atoms with E-state index in [1.807, 2.05) is 17.8 Å². The lowest BCUT2D eigenvalue weighted by atomic mass is 9.72. The van der Waals surface area contributed by atoms with Crippen molar-refractivity contribution in [1.82, 2.24) is 14.7 Å². The summed E-state index contributed by atoms with van der Waals surface area (Å²) < 4.78 is 1.81. The van der Waals surface area contributed by atoms with Crippen molar-refractivity contribution >= 4 is 11.9 Å². The van der Waals surface area contributed by atoms with Gasteiger partial charge in [0.2, 0.25) is 0 Å². The molecule has 1 aromatic heterocycles. The fraction of sp³-hybridized carbons (Fsp3) is 0.688. The van der Waals surface area contributed by atoms with Gasteiger partial charge in [0.15, 0.2) is 5.69 Å². The second-order valence-corrected chi connectivity index (χ2v) is 7.00. The molecule has 4 fully saturated rings. The Kier molecular flexibility index (Phi) is 3.03. The molecule has 1 amide bonds. The first-order chi connectivity index (χ1) is 10.5. The van der Waals surface area contributed by atoms with Gasteiger partial charge in [-0.15, -0.1) is 0 Å². The van der Waals surface area contributed by atoms with Gasteiger partial charge in [-0.2, -0.15) is 5.10 Å². The maximum atomic E-state index is 12.8. The van der Waals surface area contributed by atoms with E-state index < -0.39 is 11.9 Å². The van der Waals surface area contributed by atoms with E-state index in [-0.39, 0.29) is 11.9 Å². The van der Waals surface area contributed by atoms with E-state index in [0.29, 0.717) is 30.5 Å². The number of aryl methyl sites for hydroxylation is 1. The summed E-state index contributed by atoms with van der Waals surface area (Å²) in [5, 5.41) is 13.8. The number of aliphatic carboxylic acids is 1. The minimum Gasteiger partial charge on any atom is -0.481 e. The molecule has 3 unspecified atom stereocenters. The van der Waals surface area contributed by atoms with Gasteiger partial charge in [-0.3, -0.25) is 14.3 Å². The van der Waals surface area contributed by atoms with E-state index in [1.54, 1.807) is 4.90 Å². The Morgan fingerprint density at radius 1 is 1.27 bits per heavy atom. The van der Waals surface area contributed by atoms with Gasteiger partial charge in [-0.1, -0.05) is 0 Å². The first-order valence-electron chi connectivity index (χ1n) is 8.12. The number of fused-ring (bicyclic) bond motifs is 3. The van der Waals surface area contributed by atoms with Crippen LogP contribution in [0.5, 0.6) is 0 Å². The minimum atomic E-state index is -0.771. The van der Waals surface area contributed by atoms with E-state index >= 15 is 0 Å². The van der Waals surface area contributed by atoms with E-state index in [2.05, 4.69) is 5.10 Å². The Bertz CT molecular complexity index is 635. The van der Waals surface area contributed by atoms with Crippen LogP contribution in [0.25, 0.3) is 0 Å². The van der Waals surface area contributed by atoms with E-state index in [0.717, 1.165) is 18.5 Å². The smallest absolute Gasteiger partial charge is 0.308 e. The molecule has 0 aromatic carbocycles. The van der Waals surface area contributed by atoms with Crippen LogP contribution in [0.3, 0.4) is 0 Å². The van der Waals surface area contributed by atoms with Gasteiger partial charge in [-0.05, 0) is 44.1 Å². The summed E-state index contributed by atoms with van der Waals surface area (Å²) in [6.45, 7) is 0.683. The normalized spacial score (nSPS) is 30.6. The van der Waals surface area contributed by atoms with Crippen molar-refractivity contribution in [2.45, 2.75) is 44.1 Å². The van der Waals surface area contributed by atoms with Crippen molar-refractivity contribution < 1.29 is 14.7 Å². The third kappa shape index (κ3) is 2.12. The molecule has 4 aliphatic rings. The van der Waals surface area contributed by atoms with Crippen molar-refractivity contribution in [2.75, 3.05) is 6.54 Å². The molecule has 2 saturated carbocycles. The fourth-order valence-corrected chi connectivity index (χ4v) is 4.19. The summed E-state index contributed by atoms with van der Waals surface area (Å²) in [4.78, 5) is 26.0. The molecule has 6 heteroatoms. The predicted molar refractivity (Wildman–Crippen MR) is 78.5 cm³/mol. The number of carboxylic acids is 1. The Hall–Kier alpha value is -1.85. The number of nitrogens with zero attached hydrogens (tertiary/aromatic N) is 3. The highest BCUT2D eigenvalue weighted by molar-refractivity contribution is 5.93. The molecule has 0 spiro atoms. The topological polar surface area (TPSA) is 75.4 Å². The van der Waals surface area contributed by atoms with Crippen LogP contribution >= 0.6 is 0 Å². The molecule has 3 atom stereocenters. The van der Waals surface area contributed by atoms with Crippen LogP contribution in [-0.4, -0.2) is 44.3 Å². The zero-order valence-electron chi connectivity index (χ0n) is 12.7. The molecule has 2 aliphatic carbocycles. The first-order valence-corrected chi connectivity index (χ1v) is 8.12. The van der Waals surface area contributed by atoms with Gasteiger partial charge in [0.25, 0.3) is 5.91 Å². The number of aromatic nitrogens is 2. The molecule has 2 bridgehead atoms. The molecule has 0 radical (unpaired) electrons. The molecule has 118 valence electrons. The third-order valence-corrected chi connectivity index (χ3v) is 5.49. The van der Waals surface area contributed by atoms with Gasteiger partial charge in [0.1, 0.15) is 0 Å². The maximum Gasteiger partial charge on any atom is 0.308 e. The number of hydrogen-bond acceptors (Lipinski definition) is 3. The molecule has 22 heavy (non-hydrogen) atoms. The van der Waals surface area contributed by atoms with Crippen LogP contribution in [-0.2, 0) is 11.8 Å². The lowest BCUT2D eigenvalue weighted by Crippen LogP contribution is -2.57. The molecule has 5 rings (SSSR count). The Morgan fingerprint density at radius 3 is 2.68 bits per heavy atom. The number of hydrogen-bond donors (Lipinski definition) is 1. The first kappa shape index (κ1) is 13.8. The van der Waals surface area contributed by atoms with Gasteiger partial charge < -0.3 is 10.0 Å². The predicted octanol–water partition coefficient (Wildman–Crippen LogP) is 1.62. The van der Waals surface area contributed by atoms with Gasteiger partial charge in [0.05, 0.1) is 5.92 Å². The van der Waals surface area contributed by atoms with Gasteiger partial charge >= 0.3 is 5.97 Å². The molecule has 6 nitrogen and oxygen atoms in total. The van der Waals surface area contributed by atoms with Crippen LogP contribution < -0.4 is 0 Å². The van der Waals surface area contributed by atoms with Crippen molar-refractivity contribution in [1.29, 1.82) is 0 Å². The summed E-state index contributed by atoms with van der Waals surface area (Å²) in [5.74, 6) is -0.414. The quantitative estimate of drug-likeness (QED) is 0.920. The summed E-state index contributed by atoms with van der Waals surface area (Å²) in [5.41, 5.74) is 1.60. The van der Waals surface area contributed by atoms with Crippen LogP contribution in [0.1, 0.15) is 54.2 Å². The van der Waals surface area contributed by atoms with E-state index in [4.69, 9.17) is 0 Å². The fourth-order valence-electron chi connectivity index (χ4n) is 4.19. The monoisotopic (exact) mass is 303 g/mol. The minimum absolute atomic E-state index is 0.0943. The van der Waals surface area contributed by atoms with Crippen molar-refractivity contribution in [2.24, 2.45) is 18.9 Å². The zero-order valence-corrected chi connectivity index (χ0v) is 12.7. The number of piperidine rings is 2. The summed E-state index contributed by atoms with van der Waals surface area (Å²) in [6.07, 6.45) is 4.88. The second-order valence-electron chi connectivity index (χ2n) is 7.00. The Morgan fingerprint density at radius 2 is 2.05 bits per heavy atom. The van der Waals surface area contributed by atoms with Crippen molar-refractivity contribution in [3.05, 3.63) is 17.5 Å².